The number of benzene rings is 2. The minimum Gasteiger partial charge on any atom is -0.491 e. The van der Waals surface area contributed by atoms with Crippen LogP contribution < -0.4 is 25.0 Å². The SMILES string of the molecule is Cc1[nH]nc(Nc2ncnc3cc(OCCN4CCN(c5ncc(O[C@H]6C[C@@H](C(=O)/N=C/C7CCCc8ccccc87)N(C(=O)[C@@H](NC(=O)[C@H](C)N(C)C(=O)OC(C)(C)C)C(C)(C)C)C6)cn5)CC4)c(S(=O)(=O)C(C)(C)C)cc23)c1C. The zero-order valence-electron chi connectivity index (χ0n) is 49.0. The van der Waals surface area contributed by atoms with Gasteiger partial charge in [0.05, 0.1) is 29.2 Å². The van der Waals surface area contributed by atoms with Gasteiger partial charge in [-0.1, -0.05) is 45.0 Å². The number of aromatic amines is 1. The molecule has 22 nitrogen and oxygen atoms in total. The normalized spacial score (nSPS) is 19.0. The van der Waals surface area contributed by atoms with E-state index in [1.165, 1.54) is 28.7 Å². The summed E-state index contributed by atoms with van der Waals surface area (Å²) >= 11 is 0. The molecule has 436 valence electrons. The highest BCUT2D eigenvalue weighted by Crippen LogP contribution is 2.38. The first-order chi connectivity index (χ1) is 38.1. The van der Waals surface area contributed by atoms with Gasteiger partial charge >= 0.3 is 6.09 Å². The second-order valence-corrected chi connectivity index (χ2v) is 27.0. The number of piperazine rings is 1. The molecule has 3 N–H and O–H groups in total. The van der Waals surface area contributed by atoms with Crippen molar-refractivity contribution >= 4 is 68.4 Å². The molecule has 23 heteroatoms. The molecule has 4 amide bonds. The van der Waals surface area contributed by atoms with Crippen LogP contribution in [0.5, 0.6) is 11.5 Å². The van der Waals surface area contributed by atoms with Crippen molar-refractivity contribution in [3.05, 3.63) is 77.5 Å². The van der Waals surface area contributed by atoms with Crippen molar-refractivity contribution in [2.45, 2.75) is 154 Å². The Bertz CT molecular complexity index is 3250. The number of ether oxygens (including phenoxy) is 3. The van der Waals surface area contributed by atoms with Crippen LogP contribution in [0, 0.1) is 19.3 Å². The number of sulfone groups is 1. The zero-order valence-corrected chi connectivity index (χ0v) is 49.8. The lowest BCUT2D eigenvalue weighted by Crippen LogP contribution is -2.59. The second-order valence-electron chi connectivity index (χ2n) is 24.4. The van der Waals surface area contributed by atoms with Crippen molar-refractivity contribution in [1.82, 2.24) is 50.1 Å². The summed E-state index contributed by atoms with van der Waals surface area (Å²) in [6.07, 6.45) is 7.84. The van der Waals surface area contributed by atoms with E-state index in [9.17, 15) is 27.6 Å². The molecule has 0 saturated carbocycles. The van der Waals surface area contributed by atoms with Crippen LogP contribution in [0.4, 0.5) is 22.4 Å². The van der Waals surface area contributed by atoms with Gasteiger partial charge in [-0.15, -0.1) is 0 Å². The minimum absolute atomic E-state index is 0.0215. The van der Waals surface area contributed by atoms with E-state index in [4.69, 9.17) is 14.2 Å². The fourth-order valence-electron chi connectivity index (χ4n) is 10.0. The number of fused-ring (bicyclic) bond motifs is 2. The number of rotatable bonds is 16. The van der Waals surface area contributed by atoms with E-state index in [1.807, 2.05) is 46.8 Å². The third-order valence-corrected chi connectivity index (χ3v) is 17.7. The smallest absolute Gasteiger partial charge is 0.410 e. The highest BCUT2D eigenvalue weighted by atomic mass is 32.2. The van der Waals surface area contributed by atoms with Crippen LogP contribution in [0.15, 0.2) is 65.0 Å². The van der Waals surface area contributed by atoms with Crippen molar-refractivity contribution in [2.75, 3.05) is 63.1 Å². The molecule has 1 aliphatic carbocycles. The first-order valence-electron chi connectivity index (χ1n) is 27.7. The lowest BCUT2D eigenvalue weighted by Gasteiger charge is -2.36. The summed E-state index contributed by atoms with van der Waals surface area (Å²) in [4.78, 5) is 85.6. The fourth-order valence-corrected chi connectivity index (χ4v) is 11.3. The summed E-state index contributed by atoms with van der Waals surface area (Å²) in [6, 6.07) is 8.32. The van der Waals surface area contributed by atoms with Crippen molar-refractivity contribution in [2.24, 2.45) is 10.4 Å². The number of H-pyrrole nitrogens is 1. The number of nitrogens with one attached hydrogen (secondary N) is 3. The minimum atomic E-state index is -3.88. The lowest BCUT2D eigenvalue weighted by molar-refractivity contribution is -0.143. The monoisotopic (exact) mass is 1130 g/mol. The summed E-state index contributed by atoms with van der Waals surface area (Å²) in [6.45, 7) is 24.4. The van der Waals surface area contributed by atoms with Gasteiger partial charge in [-0.2, -0.15) is 5.10 Å². The Kier molecular flexibility index (Phi) is 17.8. The molecule has 0 bridgehead atoms. The van der Waals surface area contributed by atoms with Crippen LogP contribution in [-0.2, 0) is 35.4 Å². The fraction of sp³-hybridized carbons (Fsp3) is 0.552. The Hall–Kier alpha value is -7.27. The summed E-state index contributed by atoms with van der Waals surface area (Å²) in [7, 11) is -2.41. The number of anilines is 3. The number of amides is 4. The maximum atomic E-state index is 14.9. The number of likely N-dealkylation sites (tertiary alicyclic amines) is 1. The number of aryl methyl sites for hydroxylation is 2. The van der Waals surface area contributed by atoms with E-state index in [0.717, 1.165) is 36.1 Å². The lowest BCUT2D eigenvalue weighted by atomic mass is 9.83. The first-order valence-corrected chi connectivity index (χ1v) is 29.2. The summed E-state index contributed by atoms with van der Waals surface area (Å²) in [5.74, 6) is 0.478. The van der Waals surface area contributed by atoms with Crippen LogP contribution in [0.3, 0.4) is 0 Å². The molecule has 5 aromatic rings. The van der Waals surface area contributed by atoms with E-state index in [0.29, 0.717) is 67.0 Å². The van der Waals surface area contributed by atoms with Gasteiger partial charge in [0, 0.05) is 81.0 Å². The van der Waals surface area contributed by atoms with E-state index >= 15 is 0 Å². The first kappa shape index (κ1) is 59.8. The van der Waals surface area contributed by atoms with Crippen molar-refractivity contribution in [3.63, 3.8) is 0 Å². The van der Waals surface area contributed by atoms with Crippen LogP contribution in [0.1, 0.15) is 117 Å². The Morgan fingerprint density at radius 1 is 0.938 bits per heavy atom. The number of carbonyl (C=O) groups is 4. The average molecular weight is 1130 g/mol. The average Bonchev–Trinajstić information content (AvgIpc) is 4.04. The van der Waals surface area contributed by atoms with Gasteiger partial charge in [0.2, 0.25) is 17.8 Å². The summed E-state index contributed by atoms with van der Waals surface area (Å²) in [5.41, 5.74) is 3.08. The van der Waals surface area contributed by atoms with Gasteiger partial charge < -0.3 is 34.6 Å². The topological polar surface area (TPSA) is 260 Å². The number of likely N-dealkylation sites (N-methyl/N-ethyl adjacent to an activating group) is 1. The van der Waals surface area contributed by atoms with Gasteiger partial charge in [-0.25, -0.2) is 38.1 Å². The molecule has 3 aliphatic rings. The number of aromatic nitrogens is 6. The molecule has 5 heterocycles. The third kappa shape index (κ3) is 13.9. The van der Waals surface area contributed by atoms with Crippen LogP contribution in [0.2, 0.25) is 0 Å². The van der Waals surface area contributed by atoms with Gasteiger partial charge in [0.1, 0.15) is 59.2 Å². The summed E-state index contributed by atoms with van der Waals surface area (Å²) < 4.78 is 45.3. The molecule has 5 atom stereocenters. The van der Waals surface area contributed by atoms with Gasteiger partial charge in [-0.3, -0.25) is 29.3 Å². The molecule has 2 aromatic carbocycles. The van der Waals surface area contributed by atoms with Gasteiger partial charge in [0.15, 0.2) is 21.4 Å². The third-order valence-electron chi connectivity index (χ3n) is 15.2. The largest absolute Gasteiger partial charge is 0.491 e. The molecule has 2 saturated heterocycles. The van der Waals surface area contributed by atoms with Crippen molar-refractivity contribution in [1.29, 1.82) is 0 Å². The predicted octanol–water partition coefficient (Wildman–Crippen LogP) is 7.13. The van der Waals surface area contributed by atoms with E-state index in [1.54, 1.807) is 79.2 Å². The Morgan fingerprint density at radius 2 is 1.64 bits per heavy atom. The van der Waals surface area contributed by atoms with Crippen LogP contribution >= 0.6 is 0 Å². The van der Waals surface area contributed by atoms with E-state index in [2.05, 4.69) is 67.7 Å². The zero-order chi connectivity index (χ0) is 58.8. The number of hydrogen-bond donors (Lipinski definition) is 3. The van der Waals surface area contributed by atoms with Crippen molar-refractivity contribution < 1.29 is 41.8 Å². The maximum Gasteiger partial charge on any atom is 0.410 e. The molecular weight excluding hydrogens is 1050 g/mol. The quantitative estimate of drug-likeness (QED) is 0.0830. The second kappa shape index (κ2) is 24.1. The number of hydrogen-bond acceptors (Lipinski definition) is 17. The molecule has 81 heavy (non-hydrogen) atoms. The van der Waals surface area contributed by atoms with Gasteiger partial charge in [0.25, 0.3) is 5.91 Å². The molecule has 0 spiro atoms. The molecular formula is C58H79N13O9S. The van der Waals surface area contributed by atoms with Gasteiger partial charge in [-0.05, 0) is 104 Å². The van der Waals surface area contributed by atoms with E-state index < -0.39 is 73.6 Å². The van der Waals surface area contributed by atoms with Crippen molar-refractivity contribution in [3.8, 4) is 11.5 Å². The van der Waals surface area contributed by atoms with E-state index in [-0.39, 0.29) is 36.1 Å². The molecule has 8 rings (SSSR count). The molecule has 2 fully saturated rings. The Balaban J connectivity index is 0.916. The number of aliphatic imine (C=N–C) groups is 1. The maximum absolute atomic E-state index is 14.9. The highest BCUT2D eigenvalue weighted by molar-refractivity contribution is 7.92. The molecule has 1 unspecified atom stereocenters. The molecule has 0 radical (unpaired) electrons. The van der Waals surface area contributed by atoms with Crippen LogP contribution in [-0.4, -0.2) is 171 Å². The molecule has 3 aromatic heterocycles. The Morgan fingerprint density at radius 3 is 2.30 bits per heavy atom. The van der Waals surface area contributed by atoms with Crippen LogP contribution in [0.25, 0.3) is 10.9 Å². The Labute approximate surface area is 475 Å². The number of nitrogens with zero attached hydrogens (tertiary/aromatic N) is 10. The highest BCUT2D eigenvalue weighted by Gasteiger charge is 2.46. The molecule has 2 aliphatic heterocycles. The number of carbonyl (C=O) groups excluding carboxylic acids is 4. The predicted molar refractivity (Wildman–Crippen MR) is 309 cm³/mol. The summed E-state index contributed by atoms with van der Waals surface area (Å²) in [5, 5.41) is 13.9. The standard InChI is InChI=1S/C58H79N13O9S/c1-35-36(2)66-67-49(35)65-50-43-28-47(81(76,77)58(10,11)12)46(29-44(43)62-34-63-50)78-26-25-69-21-23-70(24-22-69)54-60-31-41(32-61-54)79-40-27-45(52(73)59-30-39-19-16-18-38-17-14-15-20-42(38)39)71(33-40)53(74)48(56(4,5)6)64-51(72)37(3)68(13)55(75)80-57(7,8)9/h14-15,17,20,28-32,34,37,39-40,45,48H,16,18-19,21-27,33H2,1-13H3,(H,64,72)(H2,62,63,65,66,67)/b59-30+/t37-,39?,40-,45-,48+/m0/s1.